The molecule has 1 aromatic rings. The van der Waals surface area contributed by atoms with E-state index in [1.54, 1.807) is 0 Å². The fraction of sp³-hybridized carbons (Fsp3) is 0.545. The van der Waals surface area contributed by atoms with Gasteiger partial charge >= 0.3 is 0 Å². The Hall–Kier alpha value is -0.740. The SMILES string of the molecule is CC1CN(c2ccnc(CN)c2)CCS1. The Labute approximate surface area is 95.1 Å². The van der Waals surface area contributed by atoms with Crippen molar-refractivity contribution in [2.75, 3.05) is 23.7 Å². The second kappa shape index (κ2) is 4.86. The lowest BCUT2D eigenvalue weighted by atomic mass is 10.2. The molecule has 2 heterocycles. The van der Waals surface area contributed by atoms with Gasteiger partial charge in [0, 0.05) is 42.5 Å². The summed E-state index contributed by atoms with van der Waals surface area (Å²) in [7, 11) is 0. The fourth-order valence-corrected chi connectivity index (χ4v) is 2.84. The molecule has 1 fully saturated rings. The van der Waals surface area contributed by atoms with Crippen LogP contribution >= 0.6 is 11.8 Å². The lowest BCUT2D eigenvalue weighted by molar-refractivity contribution is 0.780. The van der Waals surface area contributed by atoms with Crippen LogP contribution in [0, 0.1) is 0 Å². The van der Waals surface area contributed by atoms with Gasteiger partial charge < -0.3 is 10.6 Å². The Kier molecular flexibility index (Phi) is 3.49. The summed E-state index contributed by atoms with van der Waals surface area (Å²) in [6, 6.07) is 4.17. The molecule has 3 nitrogen and oxygen atoms in total. The number of nitrogens with two attached hydrogens (primary N) is 1. The number of nitrogens with zero attached hydrogens (tertiary/aromatic N) is 2. The van der Waals surface area contributed by atoms with Gasteiger partial charge in [0.25, 0.3) is 0 Å². The molecule has 1 aliphatic heterocycles. The van der Waals surface area contributed by atoms with Crippen molar-refractivity contribution in [1.29, 1.82) is 0 Å². The first-order chi connectivity index (χ1) is 7.29. The van der Waals surface area contributed by atoms with Crippen LogP contribution in [0.2, 0.25) is 0 Å². The Bertz CT molecular complexity index is 329. The van der Waals surface area contributed by atoms with Crippen LogP contribution in [0.25, 0.3) is 0 Å². The number of hydrogen-bond acceptors (Lipinski definition) is 4. The quantitative estimate of drug-likeness (QED) is 0.824. The third-order valence-electron chi connectivity index (χ3n) is 2.62. The molecule has 4 heteroatoms. The highest BCUT2D eigenvalue weighted by atomic mass is 32.2. The third kappa shape index (κ3) is 2.63. The number of thioether (sulfide) groups is 1. The van der Waals surface area contributed by atoms with Gasteiger partial charge in [-0.2, -0.15) is 11.8 Å². The Morgan fingerprint density at radius 2 is 2.53 bits per heavy atom. The summed E-state index contributed by atoms with van der Waals surface area (Å²) in [5, 5.41) is 0.716. The molecule has 0 saturated carbocycles. The predicted molar refractivity (Wildman–Crippen MR) is 66.3 cm³/mol. The van der Waals surface area contributed by atoms with Crippen molar-refractivity contribution >= 4 is 17.4 Å². The van der Waals surface area contributed by atoms with Gasteiger partial charge in [0.15, 0.2) is 0 Å². The van der Waals surface area contributed by atoms with Crippen LogP contribution in [-0.4, -0.2) is 29.1 Å². The molecule has 0 bridgehead atoms. The molecule has 15 heavy (non-hydrogen) atoms. The van der Waals surface area contributed by atoms with Crippen LogP contribution in [0.4, 0.5) is 5.69 Å². The second-order valence-electron chi connectivity index (χ2n) is 3.84. The molecule has 0 aromatic carbocycles. The molecule has 1 saturated heterocycles. The van der Waals surface area contributed by atoms with Crippen molar-refractivity contribution in [3.63, 3.8) is 0 Å². The first kappa shape index (κ1) is 10.8. The number of aromatic nitrogens is 1. The van der Waals surface area contributed by atoms with E-state index in [1.165, 1.54) is 11.4 Å². The smallest absolute Gasteiger partial charge is 0.0560 e. The van der Waals surface area contributed by atoms with Gasteiger partial charge in [-0.1, -0.05) is 6.92 Å². The maximum absolute atomic E-state index is 5.59. The van der Waals surface area contributed by atoms with Gasteiger partial charge in [-0.3, -0.25) is 4.98 Å². The fourth-order valence-electron chi connectivity index (χ4n) is 1.83. The van der Waals surface area contributed by atoms with E-state index in [9.17, 15) is 0 Å². The maximum Gasteiger partial charge on any atom is 0.0560 e. The number of hydrogen-bond donors (Lipinski definition) is 1. The van der Waals surface area contributed by atoms with Crippen molar-refractivity contribution in [1.82, 2.24) is 4.98 Å². The van der Waals surface area contributed by atoms with E-state index in [2.05, 4.69) is 28.9 Å². The first-order valence-electron chi connectivity index (χ1n) is 5.31. The zero-order valence-corrected chi connectivity index (χ0v) is 9.83. The van der Waals surface area contributed by atoms with E-state index in [1.807, 2.05) is 18.0 Å². The van der Waals surface area contributed by atoms with Gasteiger partial charge in [-0.05, 0) is 12.1 Å². The number of rotatable bonds is 2. The van der Waals surface area contributed by atoms with E-state index in [0.29, 0.717) is 11.8 Å². The van der Waals surface area contributed by atoms with Gasteiger partial charge in [0.2, 0.25) is 0 Å². The average molecular weight is 223 g/mol. The summed E-state index contributed by atoms with van der Waals surface area (Å²) >= 11 is 2.04. The molecule has 1 atom stereocenters. The predicted octanol–water partition coefficient (Wildman–Crippen LogP) is 1.48. The summed E-state index contributed by atoms with van der Waals surface area (Å²) in [5.74, 6) is 1.21. The normalized spacial score (nSPS) is 21.7. The van der Waals surface area contributed by atoms with Crippen molar-refractivity contribution in [2.45, 2.75) is 18.7 Å². The van der Waals surface area contributed by atoms with Crippen LogP contribution in [0.3, 0.4) is 0 Å². The van der Waals surface area contributed by atoms with Crippen molar-refractivity contribution in [2.24, 2.45) is 5.73 Å². The van der Waals surface area contributed by atoms with Gasteiger partial charge in [0.05, 0.1) is 5.69 Å². The van der Waals surface area contributed by atoms with Crippen LogP contribution in [-0.2, 0) is 6.54 Å². The van der Waals surface area contributed by atoms with Gasteiger partial charge in [0.1, 0.15) is 0 Å². The summed E-state index contributed by atoms with van der Waals surface area (Å²) < 4.78 is 0. The molecule has 0 spiro atoms. The molecule has 2 N–H and O–H groups in total. The molecule has 0 amide bonds. The van der Waals surface area contributed by atoms with E-state index in [4.69, 9.17) is 5.73 Å². The van der Waals surface area contributed by atoms with Gasteiger partial charge in [-0.25, -0.2) is 0 Å². The molecule has 1 aliphatic rings. The molecular weight excluding hydrogens is 206 g/mol. The zero-order valence-electron chi connectivity index (χ0n) is 9.02. The lowest BCUT2D eigenvalue weighted by Gasteiger charge is -2.32. The minimum absolute atomic E-state index is 0.520. The van der Waals surface area contributed by atoms with Crippen LogP contribution in [0.5, 0.6) is 0 Å². The highest BCUT2D eigenvalue weighted by molar-refractivity contribution is 8.00. The Morgan fingerprint density at radius 1 is 1.67 bits per heavy atom. The van der Waals surface area contributed by atoms with Crippen LogP contribution in [0.1, 0.15) is 12.6 Å². The molecule has 0 radical (unpaired) electrons. The minimum atomic E-state index is 0.520. The summed E-state index contributed by atoms with van der Waals surface area (Å²) in [5.41, 5.74) is 7.82. The summed E-state index contributed by atoms with van der Waals surface area (Å²) in [6.45, 7) is 5.05. The monoisotopic (exact) mass is 223 g/mol. The summed E-state index contributed by atoms with van der Waals surface area (Å²) in [4.78, 5) is 6.63. The minimum Gasteiger partial charge on any atom is -0.370 e. The van der Waals surface area contributed by atoms with Crippen LogP contribution in [0.15, 0.2) is 18.3 Å². The highest BCUT2D eigenvalue weighted by Crippen LogP contribution is 2.23. The second-order valence-corrected chi connectivity index (χ2v) is 5.38. The number of pyridine rings is 1. The van der Waals surface area contributed by atoms with E-state index in [-0.39, 0.29) is 0 Å². The molecule has 1 aromatic heterocycles. The van der Waals surface area contributed by atoms with Crippen molar-refractivity contribution in [3.05, 3.63) is 24.0 Å². The van der Waals surface area contributed by atoms with Gasteiger partial charge in [-0.15, -0.1) is 0 Å². The van der Waals surface area contributed by atoms with E-state index < -0.39 is 0 Å². The molecule has 1 unspecified atom stereocenters. The molecule has 82 valence electrons. The van der Waals surface area contributed by atoms with E-state index in [0.717, 1.165) is 18.8 Å². The molecular formula is C11H17N3S. The van der Waals surface area contributed by atoms with E-state index >= 15 is 0 Å². The van der Waals surface area contributed by atoms with Crippen molar-refractivity contribution in [3.8, 4) is 0 Å². The topological polar surface area (TPSA) is 42.2 Å². The Morgan fingerprint density at radius 3 is 3.27 bits per heavy atom. The first-order valence-corrected chi connectivity index (χ1v) is 6.36. The largest absolute Gasteiger partial charge is 0.370 e. The number of anilines is 1. The van der Waals surface area contributed by atoms with Crippen LogP contribution < -0.4 is 10.6 Å². The molecule has 0 aliphatic carbocycles. The standard InChI is InChI=1S/C11H17N3S/c1-9-8-14(4-5-15-9)11-2-3-13-10(6-11)7-12/h2-3,6,9H,4-5,7-8,12H2,1H3. The summed E-state index contributed by atoms with van der Waals surface area (Å²) in [6.07, 6.45) is 1.85. The lowest BCUT2D eigenvalue weighted by Crippen LogP contribution is -2.36. The van der Waals surface area contributed by atoms with Crippen molar-refractivity contribution < 1.29 is 0 Å². The highest BCUT2D eigenvalue weighted by Gasteiger charge is 2.16. The molecule has 2 rings (SSSR count). The maximum atomic E-state index is 5.59. The third-order valence-corrected chi connectivity index (χ3v) is 3.75. The zero-order chi connectivity index (χ0) is 10.7. The Balaban J connectivity index is 2.13. The average Bonchev–Trinajstić information content (AvgIpc) is 2.29.